The largest absolute Gasteiger partial charge is 0.475 e. The molecule has 3 heteroatoms. The maximum Gasteiger partial charge on any atom is 0.192 e. The molecule has 0 fully saturated rings. The Labute approximate surface area is 105 Å². The highest BCUT2D eigenvalue weighted by atomic mass is 16.5. The highest BCUT2D eigenvalue weighted by Crippen LogP contribution is 2.23. The van der Waals surface area contributed by atoms with E-state index in [0.29, 0.717) is 22.5 Å². The molecule has 0 bridgehead atoms. The van der Waals surface area contributed by atoms with Gasteiger partial charge in [0, 0.05) is 12.1 Å². The molecule has 18 heavy (non-hydrogen) atoms. The zero-order valence-electron chi connectivity index (χ0n) is 10.6. The van der Waals surface area contributed by atoms with Crippen LogP contribution in [0.4, 0.5) is 0 Å². The quantitative estimate of drug-likeness (QED) is 0.760. The molecule has 92 valence electrons. The molecular weight excluding hydrogens is 228 g/mol. The molecule has 3 nitrogen and oxygen atoms in total. The summed E-state index contributed by atoms with van der Waals surface area (Å²) in [6.07, 6.45) is 5.37. The zero-order chi connectivity index (χ0) is 13.3. The van der Waals surface area contributed by atoms with E-state index < -0.39 is 5.60 Å². The van der Waals surface area contributed by atoms with Crippen molar-refractivity contribution < 1.29 is 9.15 Å². The van der Waals surface area contributed by atoms with Crippen molar-refractivity contribution in [3.63, 3.8) is 0 Å². The van der Waals surface area contributed by atoms with Crippen molar-refractivity contribution in [3.8, 4) is 18.1 Å². The fourth-order valence-electron chi connectivity index (χ4n) is 1.64. The van der Waals surface area contributed by atoms with Crippen molar-refractivity contribution >= 4 is 11.0 Å². The third kappa shape index (κ3) is 2.38. The van der Waals surface area contributed by atoms with E-state index in [9.17, 15) is 4.79 Å². The molecule has 2 rings (SSSR count). The molecule has 0 aliphatic heterocycles. The third-order valence-electron chi connectivity index (χ3n) is 2.54. The molecule has 0 N–H and O–H groups in total. The number of ether oxygens (including phenoxy) is 1. The molecule has 2 aromatic rings. The van der Waals surface area contributed by atoms with Gasteiger partial charge < -0.3 is 9.15 Å². The number of terminal acetylenes is 1. The monoisotopic (exact) mass is 242 g/mol. The first-order valence-electron chi connectivity index (χ1n) is 5.62. The van der Waals surface area contributed by atoms with Crippen LogP contribution in [0, 0.1) is 19.3 Å². The first-order valence-corrected chi connectivity index (χ1v) is 5.62. The maximum atomic E-state index is 11.7. The lowest BCUT2D eigenvalue weighted by Gasteiger charge is -2.20. The summed E-state index contributed by atoms with van der Waals surface area (Å²) in [4.78, 5) is 11.7. The molecule has 1 aromatic heterocycles. The van der Waals surface area contributed by atoms with Gasteiger partial charge in [0.1, 0.15) is 17.1 Å². The van der Waals surface area contributed by atoms with Gasteiger partial charge in [-0.15, -0.1) is 6.42 Å². The van der Waals surface area contributed by atoms with Crippen LogP contribution in [0.5, 0.6) is 5.75 Å². The van der Waals surface area contributed by atoms with Crippen LogP contribution in [0.3, 0.4) is 0 Å². The first-order chi connectivity index (χ1) is 8.41. The Morgan fingerprint density at radius 3 is 2.72 bits per heavy atom. The van der Waals surface area contributed by atoms with Crippen LogP contribution in [0.25, 0.3) is 11.0 Å². The van der Waals surface area contributed by atoms with Gasteiger partial charge in [-0.2, -0.15) is 0 Å². The molecule has 0 atom stereocenters. The van der Waals surface area contributed by atoms with Gasteiger partial charge in [0.15, 0.2) is 11.0 Å². The normalized spacial score (nSPS) is 11.2. The first kappa shape index (κ1) is 12.3. The van der Waals surface area contributed by atoms with E-state index in [1.165, 1.54) is 6.07 Å². The average Bonchev–Trinajstić information content (AvgIpc) is 2.27. The predicted molar refractivity (Wildman–Crippen MR) is 70.8 cm³/mol. The molecule has 0 aliphatic carbocycles. The van der Waals surface area contributed by atoms with Crippen molar-refractivity contribution in [1.82, 2.24) is 0 Å². The van der Waals surface area contributed by atoms with E-state index in [-0.39, 0.29) is 5.43 Å². The van der Waals surface area contributed by atoms with Crippen molar-refractivity contribution in [2.75, 3.05) is 0 Å². The van der Waals surface area contributed by atoms with Gasteiger partial charge in [0.25, 0.3) is 0 Å². The smallest absolute Gasteiger partial charge is 0.192 e. The van der Waals surface area contributed by atoms with Crippen molar-refractivity contribution in [1.29, 1.82) is 0 Å². The fraction of sp³-hybridized carbons (Fsp3) is 0.267. The van der Waals surface area contributed by atoms with Gasteiger partial charge in [-0.25, -0.2) is 0 Å². The molecule has 0 spiro atoms. The van der Waals surface area contributed by atoms with Crippen LogP contribution in [0.1, 0.15) is 19.6 Å². The molecule has 0 amide bonds. The van der Waals surface area contributed by atoms with Gasteiger partial charge in [-0.1, -0.05) is 5.92 Å². The Bertz CT molecular complexity index is 687. The summed E-state index contributed by atoms with van der Waals surface area (Å²) >= 11 is 0. The average molecular weight is 242 g/mol. The molecule has 0 saturated carbocycles. The van der Waals surface area contributed by atoms with E-state index in [1.54, 1.807) is 39.0 Å². The van der Waals surface area contributed by atoms with Crippen LogP contribution in [0.15, 0.2) is 33.5 Å². The van der Waals surface area contributed by atoms with Gasteiger partial charge in [-0.3, -0.25) is 4.79 Å². The molecule has 0 saturated heterocycles. The highest BCUT2D eigenvalue weighted by molar-refractivity contribution is 5.77. The summed E-state index contributed by atoms with van der Waals surface area (Å²) in [6, 6.07) is 6.55. The van der Waals surface area contributed by atoms with Gasteiger partial charge in [-0.05, 0) is 32.9 Å². The summed E-state index contributed by atoms with van der Waals surface area (Å²) in [7, 11) is 0. The van der Waals surface area contributed by atoms with E-state index in [1.807, 2.05) is 0 Å². The fourth-order valence-corrected chi connectivity index (χ4v) is 1.64. The van der Waals surface area contributed by atoms with Crippen LogP contribution in [0.2, 0.25) is 0 Å². The van der Waals surface area contributed by atoms with Crippen molar-refractivity contribution in [3.05, 3.63) is 40.2 Å². The van der Waals surface area contributed by atoms with E-state index in [2.05, 4.69) is 5.92 Å². The maximum absolute atomic E-state index is 11.7. The Kier molecular flexibility index (Phi) is 2.88. The van der Waals surface area contributed by atoms with Crippen LogP contribution >= 0.6 is 0 Å². The number of hydrogen-bond donors (Lipinski definition) is 0. The topological polar surface area (TPSA) is 39.4 Å². The van der Waals surface area contributed by atoms with E-state index >= 15 is 0 Å². The van der Waals surface area contributed by atoms with Crippen molar-refractivity contribution in [2.45, 2.75) is 26.4 Å². The molecule has 1 aromatic carbocycles. The summed E-state index contributed by atoms with van der Waals surface area (Å²) in [5.74, 6) is 3.70. The summed E-state index contributed by atoms with van der Waals surface area (Å²) in [5, 5.41) is 0.534. The number of aryl methyl sites for hydroxylation is 1. The zero-order valence-corrected chi connectivity index (χ0v) is 10.6. The van der Waals surface area contributed by atoms with Gasteiger partial charge >= 0.3 is 0 Å². The summed E-state index contributed by atoms with van der Waals surface area (Å²) in [6.45, 7) is 5.33. The van der Waals surface area contributed by atoms with Crippen LogP contribution in [-0.4, -0.2) is 5.60 Å². The summed E-state index contributed by atoms with van der Waals surface area (Å²) < 4.78 is 11.1. The Morgan fingerprint density at radius 1 is 1.33 bits per heavy atom. The van der Waals surface area contributed by atoms with Gasteiger partial charge in [0.05, 0.1) is 5.39 Å². The summed E-state index contributed by atoms with van der Waals surface area (Å²) in [5.41, 5.74) is -0.250. The standard InChI is InChI=1S/C15H14O3/c1-5-15(3,4)18-11-6-7-12-13(16)8-10(2)17-14(12)9-11/h1,6-9H,2-4H3. The van der Waals surface area contributed by atoms with Crippen LogP contribution < -0.4 is 10.2 Å². The minimum absolute atomic E-state index is 0.0588. The van der Waals surface area contributed by atoms with Crippen LogP contribution in [-0.2, 0) is 0 Å². The number of rotatable bonds is 2. The lowest BCUT2D eigenvalue weighted by Crippen LogP contribution is -2.25. The van der Waals surface area contributed by atoms with E-state index in [4.69, 9.17) is 15.6 Å². The second kappa shape index (κ2) is 4.23. The molecule has 1 heterocycles. The number of hydrogen-bond acceptors (Lipinski definition) is 3. The second-order valence-corrected chi connectivity index (χ2v) is 4.64. The minimum atomic E-state index is -0.697. The van der Waals surface area contributed by atoms with E-state index in [0.717, 1.165) is 0 Å². The third-order valence-corrected chi connectivity index (χ3v) is 2.54. The molecule has 0 aliphatic rings. The molecular formula is C15H14O3. The number of fused-ring (bicyclic) bond motifs is 1. The minimum Gasteiger partial charge on any atom is -0.475 e. The predicted octanol–water partition coefficient (Wildman–Crippen LogP) is 2.89. The Morgan fingerprint density at radius 2 is 2.06 bits per heavy atom. The second-order valence-electron chi connectivity index (χ2n) is 4.64. The SMILES string of the molecule is C#CC(C)(C)Oc1ccc2c(=O)cc(C)oc2c1. The Hall–Kier alpha value is -2.21. The lowest BCUT2D eigenvalue weighted by atomic mass is 10.1. The molecule has 0 radical (unpaired) electrons. The van der Waals surface area contributed by atoms with Crippen molar-refractivity contribution in [2.24, 2.45) is 0 Å². The molecule has 0 unspecified atom stereocenters. The highest BCUT2D eigenvalue weighted by Gasteiger charge is 2.16. The number of benzene rings is 1. The van der Waals surface area contributed by atoms with Gasteiger partial charge in [0.2, 0.25) is 0 Å². The lowest BCUT2D eigenvalue weighted by molar-refractivity contribution is 0.172. The Balaban J connectivity index is 2.52.